The predicted octanol–water partition coefficient (Wildman–Crippen LogP) is 3.49. The normalized spacial score (nSPS) is 14.8. The molecule has 0 radical (unpaired) electrons. The van der Waals surface area contributed by atoms with Gasteiger partial charge in [0.25, 0.3) is 5.91 Å². The fourth-order valence-corrected chi connectivity index (χ4v) is 4.52. The minimum absolute atomic E-state index is 0.0241. The number of ether oxygens (including phenoxy) is 1. The number of hydrogen-bond donors (Lipinski definition) is 2. The standard InChI is InChI=1S/C21H26N2O4S/c1-2-16-7-9-17(10-8-16)22-21(24)15-27-19-11-13-20(14-12-19)28(25,26)23-18-5-3-4-6-18/h7-14,18,23H,2-6,15H2,1H3,(H,22,24). The number of nitrogens with one attached hydrogen (secondary N) is 2. The summed E-state index contributed by atoms with van der Waals surface area (Å²) >= 11 is 0. The number of aryl methyl sites for hydroxylation is 1. The van der Waals surface area contributed by atoms with E-state index in [1.807, 2.05) is 24.3 Å². The van der Waals surface area contributed by atoms with Gasteiger partial charge in [-0.05, 0) is 61.2 Å². The lowest BCUT2D eigenvalue weighted by Crippen LogP contribution is -2.32. The molecule has 0 aromatic heterocycles. The SMILES string of the molecule is CCc1ccc(NC(=O)COc2ccc(S(=O)(=O)NC3CCCC3)cc2)cc1. The number of benzene rings is 2. The number of carbonyl (C=O) groups excluding carboxylic acids is 1. The second-order valence-electron chi connectivity index (χ2n) is 6.96. The van der Waals surface area contributed by atoms with E-state index < -0.39 is 10.0 Å². The van der Waals surface area contributed by atoms with E-state index in [1.165, 1.54) is 17.7 Å². The third-order valence-corrected chi connectivity index (χ3v) is 6.36. The number of anilines is 1. The van der Waals surface area contributed by atoms with Crippen molar-refractivity contribution >= 4 is 21.6 Å². The lowest BCUT2D eigenvalue weighted by Gasteiger charge is -2.13. The van der Waals surface area contributed by atoms with Crippen molar-refractivity contribution in [3.05, 3.63) is 54.1 Å². The first-order valence-electron chi connectivity index (χ1n) is 9.60. The molecule has 28 heavy (non-hydrogen) atoms. The van der Waals surface area contributed by atoms with Gasteiger partial charge in [0.15, 0.2) is 6.61 Å². The Labute approximate surface area is 166 Å². The molecule has 0 heterocycles. The van der Waals surface area contributed by atoms with Crippen molar-refractivity contribution in [2.45, 2.75) is 50.0 Å². The lowest BCUT2D eigenvalue weighted by molar-refractivity contribution is -0.118. The summed E-state index contributed by atoms with van der Waals surface area (Å²) < 4.78 is 33.0. The molecule has 2 aromatic rings. The Kier molecular flexibility index (Phi) is 6.70. The zero-order chi connectivity index (χ0) is 20.0. The van der Waals surface area contributed by atoms with Crippen molar-refractivity contribution in [3.8, 4) is 5.75 Å². The highest BCUT2D eigenvalue weighted by Crippen LogP contribution is 2.21. The van der Waals surface area contributed by atoms with Gasteiger partial charge in [-0.3, -0.25) is 4.79 Å². The maximum atomic E-state index is 12.4. The fourth-order valence-electron chi connectivity index (χ4n) is 3.22. The molecule has 0 unspecified atom stereocenters. The molecule has 0 spiro atoms. The van der Waals surface area contributed by atoms with Gasteiger partial charge in [-0.25, -0.2) is 13.1 Å². The molecule has 6 nitrogen and oxygen atoms in total. The topological polar surface area (TPSA) is 84.5 Å². The monoisotopic (exact) mass is 402 g/mol. The first kappa shape index (κ1) is 20.4. The third kappa shape index (κ3) is 5.56. The molecule has 1 aliphatic carbocycles. The summed E-state index contributed by atoms with van der Waals surface area (Å²) in [7, 11) is -3.52. The molecule has 3 rings (SSSR count). The van der Waals surface area contributed by atoms with Crippen molar-refractivity contribution in [1.29, 1.82) is 0 Å². The average Bonchev–Trinajstić information content (AvgIpc) is 3.19. The van der Waals surface area contributed by atoms with Crippen LogP contribution >= 0.6 is 0 Å². The second kappa shape index (κ2) is 9.21. The van der Waals surface area contributed by atoms with Gasteiger partial charge in [-0.2, -0.15) is 0 Å². The number of amides is 1. The predicted molar refractivity (Wildman–Crippen MR) is 109 cm³/mol. The van der Waals surface area contributed by atoms with Gasteiger partial charge in [0, 0.05) is 11.7 Å². The molecule has 2 aromatic carbocycles. The first-order valence-corrected chi connectivity index (χ1v) is 11.1. The van der Waals surface area contributed by atoms with Crippen LogP contribution in [0.1, 0.15) is 38.2 Å². The summed E-state index contributed by atoms with van der Waals surface area (Å²) in [6, 6.07) is 13.8. The summed E-state index contributed by atoms with van der Waals surface area (Å²) in [4.78, 5) is 12.2. The molecule has 1 fully saturated rings. The van der Waals surface area contributed by atoms with Crippen LogP contribution in [-0.2, 0) is 21.2 Å². The van der Waals surface area contributed by atoms with Gasteiger partial charge in [-0.15, -0.1) is 0 Å². The maximum Gasteiger partial charge on any atom is 0.262 e. The highest BCUT2D eigenvalue weighted by Gasteiger charge is 2.22. The highest BCUT2D eigenvalue weighted by molar-refractivity contribution is 7.89. The van der Waals surface area contributed by atoms with Crippen LogP contribution in [0.4, 0.5) is 5.69 Å². The van der Waals surface area contributed by atoms with Gasteiger partial charge >= 0.3 is 0 Å². The molecule has 1 aliphatic rings. The van der Waals surface area contributed by atoms with E-state index in [1.54, 1.807) is 12.1 Å². The summed E-state index contributed by atoms with van der Waals surface area (Å²) in [6.07, 6.45) is 4.84. The number of sulfonamides is 1. The minimum Gasteiger partial charge on any atom is -0.484 e. The van der Waals surface area contributed by atoms with Crippen molar-refractivity contribution in [2.24, 2.45) is 0 Å². The Balaban J connectivity index is 1.51. The Hall–Kier alpha value is -2.38. The molecule has 0 bridgehead atoms. The number of hydrogen-bond acceptors (Lipinski definition) is 4. The molecule has 0 saturated heterocycles. The quantitative estimate of drug-likeness (QED) is 0.708. The van der Waals surface area contributed by atoms with Gasteiger partial charge in [0.1, 0.15) is 5.75 Å². The van der Waals surface area contributed by atoms with Crippen LogP contribution < -0.4 is 14.8 Å². The molecule has 1 amide bonds. The first-order chi connectivity index (χ1) is 13.5. The molecule has 0 atom stereocenters. The Morgan fingerprint density at radius 3 is 2.29 bits per heavy atom. The Morgan fingerprint density at radius 1 is 1.04 bits per heavy atom. The highest BCUT2D eigenvalue weighted by atomic mass is 32.2. The van der Waals surface area contributed by atoms with Crippen LogP contribution in [0.25, 0.3) is 0 Å². The smallest absolute Gasteiger partial charge is 0.262 e. The summed E-state index contributed by atoms with van der Waals surface area (Å²) in [5.41, 5.74) is 1.91. The largest absolute Gasteiger partial charge is 0.484 e. The lowest BCUT2D eigenvalue weighted by atomic mass is 10.1. The molecule has 1 saturated carbocycles. The van der Waals surface area contributed by atoms with Crippen molar-refractivity contribution in [2.75, 3.05) is 11.9 Å². The van der Waals surface area contributed by atoms with E-state index in [2.05, 4.69) is 17.0 Å². The van der Waals surface area contributed by atoms with Crippen LogP contribution in [0.3, 0.4) is 0 Å². The van der Waals surface area contributed by atoms with E-state index in [9.17, 15) is 13.2 Å². The van der Waals surface area contributed by atoms with Gasteiger partial charge in [0.05, 0.1) is 4.90 Å². The van der Waals surface area contributed by atoms with E-state index in [-0.39, 0.29) is 23.5 Å². The van der Waals surface area contributed by atoms with Gasteiger partial charge in [0.2, 0.25) is 10.0 Å². The molecule has 0 aliphatic heterocycles. The second-order valence-corrected chi connectivity index (χ2v) is 8.68. The van der Waals surface area contributed by atoms with Gasteiger partial charge < -0.3 is 10.1 Å². The van der Waals surface area contributed by atoms with Crippen LogP contribution in [0.15, 0.2) is 53.4 Å². The van der Waals surface area contributed by atoms with Crippen molar-refractivity contribution in [1.82, 2.24) is 4.72 Å². The van der Waals surface area contributed by atoms with Crippen LogP contribution in [0.2, 0.25) is 0 Å². The molecule has 7 heteroatoms. The number of carbonyl (C=O) groups is 1. The Bertz CT molecular complexity index is 887. The summed E-state index contributed by atoms with van der Waals surface area (Å²) in [5.74, 6) is 0.167. The molecule has 150 valence electrons. The molecular weight excluding hydrogens is 376 g/mol. The van der Waals surface area contributed by atoms with Crippen LogP contribution in [-0.4, -0.2) is 27.0 Å². The third-order valence-electron chi connectivity index (χ3n) is 4.83. The van der Waals surface area contributed by atoms with Crippen LogP contribution in [0, 0.1) is 0 Å². The van der Waals surface area contributed by atoms with Gasteiger partial charge in [-0.1, -0.05) is 31.9 Å². The van der Waals surface area contributed by atoms with E-state index in [0.717, 1.165) is 32.1 Å². The fraction of sp³-hybridized carbons (Fsp3) is 0.381. The van der Waals surface area contributed by atoms with Crippen LogP contribution in [0.5, 0.6) is 5.75 Å². The Morgan fingerprint density at radius 2 is 1.68 bits per heavy atom. The van der Waals surface area contributed by atoms with Crippen molar-refractivity contribution in [3.63, 3.8) is 0 Å². The minimum atomic E-state index is -3.52. The summed E-state index contributed by atoms with van der Waals surface area (Å²) in [6.45, 7) is 1.92. The van der Waals surface area contributed by atoms with E-state index in [4.69, 9.17) is 4.74 Å². The summed E-state index contributed by atoms with van der Waals surface area (Å²) in [5, 5.41) is 2.77. The molecular formula is C21H26N2O4S. The maximum absolute atomic E-state index is 12.4. The average molecular weight is 403 g/mol. The zero-order valence-corrected chi connectivity index (χ0v) is 16.8. The molecule has 2 N–H and O–H groups in total. The number of rotatable bonds is 8. The zero-order valence-electron chi connectivity index (χ0n) is 16.0. The van der Waals surface area contributed by atoms with E-state index >= 15 is 0 Å². The van der Waals surface area contributed by atoms with E-state index in [0.29, 0.717) is 11.4 Å². The van der Waals surface area contributed by atoms with Crippen molar-refractivity contribution < 1.29 is 17.9 Å².